The van der Waals surface area contributed by atoms with Crippen molar-refractivity contribution >= 4 is 21.7 Å². The van der Waals surface area contributed by atoms with E-state index in [0.717, 1.165) is 4.47 Å². The lowest BCUT2D eigenvalue weighted by Crippen LogP contribution is -2.15. The number of hydrogen-bond donors (Lipinski definition) is 0. The van der Waals surface area contributed by atoms with E-state index in [1.807, 2.05) is 0 Å². The molecule has 1 aliphatic rings. The molecule has 74 valence electrons. The van der Waals surface area contributed by atoms with E-state index in [1.165, 1.54) is 0 Å². The van der Waals surface area contributed by atoms with Gasteiger partial charge in [0.15, 0.2) is 5.78 Å². The number of carbonyl (C=O) groups is 1. The highest BCUT2D eigenvalue weighted by Crippen LogP contribution is 2.36. The van der Waals surface area contributed by atoms with Crippen LogP contribution < -0.4 is 9.47 Å². The van der Waals surface area contributed by atoms with Crippen LogP contribution >= 0.6 is 15.9 Å². The van der Waals surface area contributed by atoms with Crippen molar-refractivity contribution in [2.75, 3.05) is 13.7 Å². The van der Waals surface area contributed by atoms with Crippen molar-refractivity contribution in [3.63, 3.8) is 0 Å². The smallest absolute Gasteiger partial charge is 0.170 e. The van der Waals surface area contributed by atoms with Crippen LogP contribution in [0.1, 0.15) is 16.8 Å². The Bertz CT molecular complexity index is 387. The molecular formula is C10H9BrO3. The van der Waals surface area contributed by atoms with E-state index in [-0.39, 0.29) is 5.78 Å². The highest BCUT2D eigenvalue weighted by molar-refractivity contribution is 9.10. The van der Waals surface area contributed by atoms with Crippen molar-refractivity contribution in [1.82, 2.24) is 0 Å². The molecule has 3 nitrogen and oxygen atoms in total. The maximum Gasteiger partial charge on any atom is 0.170 e. The summed E-state index contributed by atoms with van der Waals surface area (Å²) in [5.74, 6) is 1.39. The van der Waals surface area contributed by atoms with Crippen LogP contribution in [0.2, 0.25) is 0 Å². The minimum absolute atomic E-state index is 0.103. The van der Waals surface area contributed by atoms with E-state index < -0.39 is 0 Å². The van der Waals surface area contributed by atoms with Crippen LogP contribution in [0.3, 0.4) is 0 Å². The van der Waals surface area contributed by atoms with E-state index in [9.17, 15) is 4.79 Å². The molecule has 0 spiro atoms. The highest BCUT2D eigenvalue weighted by atomic mass is 79.9. The monoisotopic (exact) mass is 256 g/mol. The lowest BCUT2D eigenvalue weighted by atomic mass is 10.0. The molecule has 14 heavy (non-hydrogen) atoms. The fraction of sp³-hybridized carbons (Fsp3) is 0.300. The SMILES string of the molecule is COc1cc(Br)c2c(c1)C(=O)CCO2. The van der Waals surface area contributed by atoms with Crippen LogP contribution in [0.15, 0.2) is 16.6 Å². The number of rotatable bonds is 1. The first-order chi connectivity index (χ1) is 6.72. The number of hydrogen-bond acceptors (Lipinski definition) is 3. The Morgan fingerprint density at radius 1 is 1.50 bits per heavy atom. The zero-order valence-corrected chi connectivity index (χ0v) is 9.26. The quantitative estimate of drug-likeness (QED) is 0.775. The van der Waals surface area contributed by atoms with Gasteiger partial charge in [-0.15, -0.1) is 0 Å². The first-order valence-corrected chi connectivity index (χ1v) is 5.05. The van der Waals surface area contributed by atoms with E-state index in [1.54, 1.807) is 19.2 Å². The Morgan fingerprint density at radius 3 is 3.00 bits per heavy atom. The Hall–Kier alpha value is -1.03. The van der Waals surface area contributed by atoms with Gasteiger partial charge in [-0.05, 0) is 28.1 Å². The number of fused-ring (bicyclic) bond motifs is 1. The van der Waals surface area contributed by atoms with Gasteiger partial charge >= 0.3 is 0 Å². The van der Waals surface area contributed by atoms with Gasteiger partial charge in [0.05, 0.1) is 23.8 Å². The van der Waals surface area contributed by atoms with E-state index >= 15 is 0 Å². The van der Waals surface area contributed by atoms with Gasteiger partial charge < -0.3 is 9.47 Å². The summed E-state index contributed by atoms with van der Waals surface area (Å²) in [5, 5.41) is 0. The number of benzene rings is 1. The number of carbonyl (C=O) groups excluding carboxylic acids is 1. The van der Waals surface area contributed by atoms with Gasteiger partial charge in [0, 0.05) is 6.42 Å². The van der Waals surface area contributed by atoms with Crippen molar-refractivity contribution in [3.8, 4) is 11.5 Å². The zero-order valence-electron chi connectivity index (χ0n) is 7.67. The second-order valence-corrected chi connectivity index (χ2v) is 3.86. The second-order valence-electron chi connectivity index (χ2n) is 3.01. The summed E-state index contributed by atoms with van der Waals surface area (Å²) >= 11 is 3.34. The van der Waals surface area contributed by atoms with Crippen molar-refractivity contribution in [2.45, 2.75) is 6.42 Å². The third-order valence-electron chi connectivity index (χ3n) is 2.13. The highest BCUT2D eigenvalue weighted by Gasteiger charge is 2.21. The number of halogens is 1. The lowest BCUT2D eigenvalue weighted by molar-refractivity contribution is 0.0932. The Kier molecular flexibility index (Phi) is 2.46. The van der Waals surface area contributed by atoms with Crippen molar-refractivity contribution in [2.24, 2.45) is 0 Å². The van der Waals surface area contributed by atoms with Crippen molar-refractivity contribution < 1.29 is 14.3 Å². The van der Waals surface area contributed by atoms with Crippen LogP contribution in [0.5, 0.6) is 11.5 Å². The van der Waals surface area contributed by atoms with E-state index in [0.29, 0.717) is 30.1 Å². The molecule has 0 amide bonds. The third kappa shape index (κ3) is 1.50. The summed E-state index contributed by atoms with van der Waals surface area (Å²) in [6.07, 6.45) is 0.437. The van der Waals surface area contributed by atoms with Gasteiger partial charge in [0.1, 0.15) is 11.5 Å². The minimum Gasteiger partial charge on any atom is -0.497 e. The number of methoxy groups -OCH3 is 1. The summed E-state index contributed by atoms with van der Waals surface area (Å²) in [4.78, 5) is 11.5. The van der Waals surface area contributed by atoms with Gasteiger partial charge in [-0.3, -0.25) is 4.79 Å². The van der Waals surface area contributed by atoms with Crippen LogP contribution in [-0.4, -0.2) is 19.5 Å². The normalized spacial score (nSPS) is 14.6. The molecular weight excluding hydrogens is 248 g/mol. The zero-order chi connectivity index (χ0) is 10.1. The fourth-order valence-corrected chi connectivity index (χ4v) is 1.97. The molecule has 0 atom stereocenters. The molecule has 0 N–H and O–H groups in total. The molecule has 0 aliphatic carbocycles. The molecule has 0 saturated carbocycles. The molecule has 1 heterocycles. The maximum atomic E-state index is 11.5. The van der Waals surface area contributed by atoms with Crippen molar-refractivity contribution in [3.05, 3.63) is 22.2 Å². The molecule has 0 saturated heterocycles. The van der Waals surface area contributed by atoms with Gasteiger partial charge in [-0.25, -0.2) is 0 Å². The molecule has 0 bridgehead atoms. The number of Topliss-reactive ketones (excluding diaryl/α,β-unsaturated/α-hetero) is 1. The van der Waals surface area contributed by atoms with Gasteiger partial charge in [-0.2, -0.15) is 0 Å². The summed E-state index contributed by atoms with van der Waals surface area (Å²) in [6.45, 7) is 0.455. The Morgan fingerprint density at radius 2 is 2.29 bits per heavy atom. The molecule has 1 aromatic carbocycles. The number of ketones is 1. The molecule has 1 aromatic rings. The topological polar surface area (TPSA) is 35.5 Å². The molecule has 0 fully saturated rings. The summed E-state index contributed by atoms with van der Waals surface area (Å²) < 4.78 is 11.2. The largest absolute Gasteiger partial charge is 0.497 e. The van der Waals surface area contributed by atoms with Gasteiger partial charge in [0.25, 0.3) is 0 Å². The van der Waals surface area contributed by atoms with E-state index in [4.69, 9.17) is 9.47 Å². The third-order valence-corrected chi connectivity index (χ3v) is 2.72. The van der Waals surface area contributed by atoms with E-state index in [2.05, 4.69) is 15.9 Å². The standard InChI is InChI=1S/C10H9BrO3/c1-13-6-4-7-9(12)2-3-14-10(7)8(11)5-6/h4-5H,2-3H2,1H3. The lowest BCUT2D eigenvalue weighted by Gasteiger charge is -2.18. The minimum atomic E-state index is 0.103. The predicted molar refractivity (Wildman–Crippen MR) is 55.1 cm³/mol. The Balaban J connectivity index is 2.57. The van der Waals surface area contributed by atoms with Crippen LogP contribution in [0.25, 0.3) is 0 Å². The molecule has 0 aromatic heterocycles. The predicted octanol–water partition coefficient (Wildman–Crippen LogP) is 2.42. The molecule has 2 rings (SSSR count). The number of ether oxygens (including phenoxy) is 2. The maximum absolute atomic E-state index is 11.5. The summed E-state index contributed by atoms with van der Waals surface area (Å²) in [7, 11) is 1.57. The first-order valence-electron chi connectivity index (χ1n) is 4.26. The van der Waals surface area contributed by atoms with Crippen LogP contribution in [0.4, 0.5) is 0 Å². The van der Waals surface area contributed by atoms with Gasteiger partial charge in [0.2, 0.25) is 0 Å². The fourth-order valence-electron chi connectivity index (χ4n) is 1.42. The van der Waals surface area contributed by atoms with Crippen molar-refractivity contribution in [1.29, 1.82) is 0 Å². The molecule has 0 unspecified atom stereocenters. The summed E-state index contributed by atoms with van der Waals surface area (Å²) in [5.41, 5.74) is 0.600. The second kappa shape index (κ2) is 3.61. The molecule has 0 radical (unpaired) electrons. The van der Waals surface area contributed by atoms with Crippen LogP contribution in [0, 0.1) is 0 Å². The molecule has 1 aliphatic heterocycles. The average molecular weight is 257 g/mol. The van der Waals surface area contributed by atoms with Gasteiger partial charge in [-0.1, -0.05) is 0 Å². The molecule has 4 heteroatoms. The summed E-state index contributed by atoms with van der Waals surface area (Å²) in [6, 6.07) is 3.50. The Labute approximate surface area is 90.1 Å². The van der Waals surface area contributed by atoms with Crippen LogP contribution in [-0.2, 0) is 0 Å². The average Bonchev–Trinajstić information content (AvgIpc) is 2.19. The first kappa shape index (κ1) is 9.52.